The number of carbonyl (C=O) groups is 2. The standard InChI is InChI=1S/C16H18F3N5O2/c1-23-7-9(13(21-23)15(20)26)6-10(25)8-24-12-5-3-2-4-11(12)14(22-24)16(17,18)19/h7H,2-6,8H2,1H3,(H2,20,26). The summed E-state index contributed by atoms with van der Waals surface area (Å²) < 4.78 is 42.1. The van der Waals surface area contributed by atoms with E-state index in [1.807, 2.05) is 0 Å². The molecule has 0 bridgehead atoms. The Kier molecular flexibility index (Phi) is 4.59. The Hall–Kier alpha value is -2.65. The Labute approximate surface area is 147 Å². The molecular formula is C16H18F3N5O2. The molecule has 0 atom stereocenters. The van der Waals surface area contributed by atoms with Crippen LogP contribution < -0.4 is 5.73 Å². The van der Waals surface area contributed by atoms with Gasteiger partial charge in [-0.05, 0) is 25.7 Å². The zero-order valence-electron chi connectivity index (χ0n) is 14.1. The van der Waals surface area contributed by atoms with Crippen LogP contribution in [0.2, 0.25) is 0 Å². The molecule has 0 aliphatic heterocycles. The van der Waals surface area contributed by atoms with Crippen molar-refractivity contribution in [1.29, 1.82) is 0 Å². The number of carbonyl (C=O) groups excluding carboxylic acids is 2. The van der Waals surface area contributed by atoms with Gasteiger partial charge in [0.1, 0.15) is 6.54 Å². The van der Waals surface area contributed by atoms with E-state index in [0.717, 1.165) is 11.1 Å². The molecule has 3 rings (SSSR count). The lowest BCUT2D eigenvalue weighted by Gasteiger charge is -2.14. The van der Waals surface area contributed by atoms with Crippen LogP contribution in [0.4, 0.5) is 13.2 Å². The maximum atomic E-state index is 13.2. The van der Waals surface area contributed by atoms with Gasteiger partial charge in [0.25, 0.3) is 5.91 Å². The van der Waals surface area contributed by atoms with Gasteiger partial charge >= 0.3 is 6.18 Å². The van der Waals surface area contributed by atoms with Crippen LogP contribution in [-0.2, 0) is 43.8 Å². The van der Waals surface area contributed by atoms with Gasteiger partial charge in [0.05, 0.1) is 0 Å². The molecule has 7 nitrogen and oxygen atoms in total. The zero-order valence-corrected chi connectivity index (χ0v) is 14.1. The third kappa shape index (κ3) is 3.49. The first-order valence-corrected chi connectivity index (χ1v) is 8.16. The smallest absolute Gasteiger partial charge is 0.364 e. The van der Waals surface area contributed by atoms with E-state index in [1.54, 1.807) is 7.05 Å². The van der Waals surface area contributed by atoms with Gasteiger partial charge in [-0.25, -0.2) is 0 Å². The number of amides is 1. The largest absolute Gasteiger partial charge is 0.435 e. The molecular weight excluding hydrogens is 351 g/mol. The summed E-state index contributed by atoms with van der Waals surface area (Å²) in [5.41, 5.74) is 5.32. The van der Waals surface area contributed by atoms with Gasteiger partial charge in [-0.3, -0.25) is 19.0 Å². The summed E-state index contributed by atoms with van der Waals surface area (Å²) in [4.78, 5) is 23.8. The topological polar surface area (TPSA) is 95.8 Å². The summed E-state index contributed by atoms with van der Waals surface area (Å²) in [5, 5.41) is 7.56. The van der Waals surface area contributed by atoms with Crippen molar-refractivity contribution in [1.82, 2.24) is 19.6 Å². The van der Waals surface area contributed by atoms with Gasteiger partial charge in [0.15, 0.2) is 17.2 Å². The van der Waals surface area contributed by atoms with Gasteiger partial charge in [0, 0.05) is 36.5 Å². The highest BCUT2D eigenvalue weighted by molar-refractivity contribution is 5.94. The molecule has 2 aromatic heterocycles. The number of ketones is 1. The van der Waals surface area contributed by atoms with Crippen molar-refractivity contribution in [3.63, 3.8) is 0 Å². The van der Waals surface area contributed by atoms with Crippen molar-refractivity contribution in [2.45, 2.75) is 44.8 Å². The second-order valence-corrected chi connectivity index (χ2v) is 6.39. The second kappa shape index (κ2) is 6.58. The fourth-order valence-electron chi connectivity index (χ4n) is 3.34. The predicted molar refractivity (Wildman–Crippen MR) is 84.3 cm³/mol. The second-order valence-electron chi connectivity index (χ2n) is 6.39. The van der Waals surface area contributed by atoms with E-state index in [1.165, 1.54) is 10.9 Å². The Bertz CT molecular complexity index is 866. The number of nitrogens with two attached hydrogens (primary N) is 1. The Morgan fingerprint density at radius 3 is 2.58 bits per heavy atom. The highest BCUT2D eigenvalue weighted by Crippen LogP contribution is 2.35. The Morgan fingerprint density at radius 2 is 1.92 bits per heavy atom. The van der Waals surface area contributed by atoms with Crippen LogP contribution in [0.1, 0.15) is 45.8 Å². The quantitative estimate of drug-likeness (QED) is 0.862. The lowest BCUT2D eigenvalue weighted by molar-refractivity contribution is -0.142. The van der Waals surface area contributed by atoms with Crippen molar-refractivity contribution in [2.75, 3.05) is 0 Å². The summed E-state index contributed by atoms with van der Waals surface area (Å²) in [6.07, 6.45) is -0.984. The van der Waals surface area contributed by atoms with Crippen LogP contribution in [0.15, 0.2) is 6.20 Å². The predicted octanol–water partition coefficient (Wildman–Crippen LogP) is 1.42. The van der Waals surface area contributed by atoms with E-state index >= 15 is 0 Å². The SMILES string of the molecule is Cn1cc(CC(=O)Cn2nc(C(F)(F)F)c3c2CCCC3)c(C(N)=O)n1. The fraction of sp³-hybridized carbons (Fsp3) is 0.500. The van der Waals surface area contributed by atoms with Gasteiger partial charge in [0.2, 0.25) is 0 Å². The van der Waals surface area contributed by atoms with Crippen LogP contribution in [0.25, 0.3) is 0 Å². The zero-order chi connectivity index (χ0) is 19.1. The molecule has 0 radical (unpaired) electrons. The molecule has 2 heterocycles. The van der Waals surface area contributed by atoms with Crippen LogP contribution in [0.3, 0.4) is 0 Å². The number of alkyl halides is 3. The number of Topliss-reactive ketones (excluding diaryl/α,β-unsaturated/α-hetero) is 1. The highest BCUT2D eigenvalue weighted by atomic mass is 19.4. The Balaban J connectivity index is 1.84. The van der Waals surface area contributed by atoms with Gasteiger partial charge in [-0.15, -0.1) is 0 Å². The maximum absolute atomic E-state index is 13.2. The molecule has 140 valence electrons. The van der Waals surface area contributed by atoms with E-state index in [0.29, 0.717) is 30.5 Å². The number of hydrogen-bond donors (Lipinski definition) is 1. The molecule has 1 aliphatic carbocycles. The van der Waals surface area contributed by atoms with Gasteiger partial charge < -0.3 is 5.73 Å². The lowest BCUT2D eigenvalue weighted by Crippen LogP contribution is -2.19. The first-order valence-electron chi connectivity index (χ1n) is 8.16. The fourth-order valence-corrected chi connectivity index (χ4v) is 3.34. The summed E-state index contributed by atoms with van der Waals surface area (Å²) in [6, 6.07) is 0. The molecule has 1 amide bonds. The third-order valence-electron chi connectivity index (χ3n) is 4.38. The molecule has 0 unspecified atom stereocenters. The molecule has 0 aromatic carbocycles. The lowest BCUT2D eigenvalue weighted by atomic mass is 9.95. The number of halogens is 3. The number of hydrogen-bond acceptors (Lipinski definition) is 4. The number of primary amides is 1. The number of rotatable bonds is 5. The average Bonchev–Trinajstić information content (AvgIpc) is 3.08. The van der Waals surface area contributed by atoms with Crippen LogP contribution in [0, 0.1) is 0 Å². The minimum Gasteiger partial charge on any atom is -0.364 e. The monoisotopic (exact) mass is 369 g/mol. The molecule has 0 saturated heterocycles. The molecule has 10 heteroatoms. The molecule has 0 saturated carbocycles. The summed E-state index contributed by atoms with van der Waals surface area (Å²) >= 11 is 0. The number of nitrogens with zero attached hydrogens (tertiary/aromatic N) is 4. The third-order valence-corrected chi connectivity index (χ3v) is 4.38. The van der Waals surface area contributed by atoms with E-state index < -0.39 is 17.8 Å². The van der Waals surface area contributed by atoms with E-state index in [9.17, 15) is 22.8 Å². The van der Waals surface area contributed by atoms with E-state index in [-0.39, 0.29) is 30.0 Å². The molecule has 2 N–H and O–H groups in total. The van der Waals surface area contributed by atoms with Crippen molar-refractivity contribution < 1.29 is 22.8 Å². The molecule has 0 fully saturated rings. The summed E-state index contributed by atoms with van der Waals surface area (Å²) in [6.45, 7) is -0.286. The molecule has 26 heavy (non-hydrogen) atoms. The molecule has 0 spiro atoms. The highest BCUT2D eigenvalue weighted by Gasteiger charge is 2.39. The molecule has 1 aliphatic rings. The first kappa shape index (κ1) is 18.2. The number of fused-ring (bicyclic) bond motifs is 1. The first-order chi connectivity index (χ1) is 12.2. The average molecular weight is 369 g/mol. The van der Waals surface area contributed by atoms with E-state index in [4.69, 9.17) is 5.73 Å². The van der Waals surface area contributed by atoms with Gasteiger partial charge in [-0.2, -0.15) is 23.4 Å². The van der Waals surface area contributed by atoms with Crippen LogP contribution in [0.5, 0.6) is 0 Å². The number of aryl methyl sites for hydroxylation is 1. The van der Waals surface area contributed by atoms with Crippen molar-refractivity contribution >= 4 is 11.7 Å². The van der Waals surface area contributed by atoms with Crippen molar-refractivity contribution in [3.8, 4) is 0 Å². The maximum Gasteiger partial charge on any atom is 0.435 e. The Morgan fingerprint density at radius 1 is 1.23 bits per heavy atom. The molecule has 2 aromatic rings. The van der Waals surface area contributed by atoms with Gasteiger partial charge in [-0.1, -0.05) is 0 Å². The van der Waals surface area contributed by atoms with Crippen LogP contribution >= 0.6 is 0 Å². The van der Waals surface area contributed by atoms with E-state index in [2.05, 4.69) is 10.2 Å². The summed E-state index contributed by atoms with van der Waals surface area (Å²) in [7, 11) is 1.58. The minimum atomic E-state index is -4.54. The van der Waals surface area contributed by atoms with Crippen molar-refractivity contribution in [2.24, 2.45) is 12.8 Å². The summed E-state index contributed by atoms with van der Waals surface area (Å²) in [5.74, 6) is -1.13. The van der Waals surface area contributed by atoms with Crippen molar-refractivity contribution in [3.05, 3.63) is 34.4 Å². The minimum absolute atomic E-state index is 0.0145. The number of aromatic nitrogens is 4. The van der Waals surface area contributed by atoms with Crippen LogP contribution in [-0.4, -0.2) is 31.3 Å². The normalized spacial score (nSPS) is 14.3.